The summed E-state index contributed by atoms with van der Waals surface area (Å²) < 4.78 is 24.2. The zero-order chi connectivity index (χ0) is 12.1. The molecule has 1 fully saturated rings. The number of ether oxygens (including phenoxy) is 2. The predicted molar refractivity (Wildman–Crippen MR) is 64.1 cm³/mol. The molecule has 1 atom stereocenters. The number of nitrogens with two attached hydrogens (primary N) is 1. The number of halogens is 1. The largest absolute Gasteiger partial charge is 0.396 e. The Bertz CT molecular complexity index is 364. The number of rotatable bonds is 4. The van der Waals surface area contributed by atoms with E-state index in [-0.39, 0.29) is 17.6 Å². The fraction of sp³-hybridized carbons (Fsp3) is 0.538. The molecule has 0 saturated carbocycles. The van der Waals surface area contributed by atoms with Gasteiger partial charge in [0.2, 0.25) is 0 Å². The maximum absolute atomic E-state index is 13.2. The van der Waals surface area contributed by atoms with Crippen LogP contribution in [0.2, 0.25) is 0 Å². The van der Waals surface area contributed by atoms with Gasteiger partial charge in [0.05, 0.1) is 25.0 Å². The zero-order valence-corrected chi connectivity index (χ0v) is 9.82. The van der Waals surface area contributed by atoms with E-state index in [2.05, 4.69) is 0 Å². The first-order chi connectivity index (χ1) is 8.25. The van der Waals surface area contributed by atoms with Crippen molar-refractivity contribution in [2.45, 2.75) is 32.0 Å². The lowest BCUT2D eigenvalue weighted by atomic mass is 10.1. The normalized spacial score (nSPS) is 20.4. The Morgan fingerprint density at radius 3 is 3.00 bits per heavy atom. The maximum Gasteiger partial charge on any atom is 0.146 e. The predicted octanol–water partition coefficient (Wildman–Crippen LogP) is 2.49. The second-order valence-electron chi connectivity index (χ2n) is 4.36. The Morgan fingerprint density at radius 2 is 2.29 bits per heavy atom. The molecule has 1 aromatic rings. The molecule has 2 N–H and O–H groups in total. The molecule has 1 heterocycles. The molecule has 1 aliphatic heterocycles. The Labute approximate surface area is 101 Å². The van der Waals surface area contributed by atoms with Crippen molar-refractivity contribution in [3.63, 3.8) is 0 Å². The molecule has 0 aromatic heterocycles. The Morgan fingerprint density at radius 1 is 1.41 bits per heavy atom. The van der Waals surface area contributed by atoms with Gasteiger partial charge in [-0.2, -0.15) is 0 Å². The van der Waals surface area contributed by atoms with Crippen LogP contribution in [0.4, 0.5) is 10.1 Å². The highest BCUT2D eigenvalue weighted by molar-refractivity contribution is 5.41. The van der Waals surface area contributed by atoms with Crippen LogP contribution in [-0.2, 0) is 16.1 Å². The van der Waals surface area contributed by atoms with E-state index in [0.29, 0.717) is 13.2 Å². The summed E-state index contributed by atoms with van der Waals surface area (Å²) in [6.07, 6.45) is 3.59. The molecule has 0 aliphatic carbocycles. The lowest BCUT2D eigenvalue weighted by molar-refractivity contribution is -0.0447. The van der Waals surface area contributed by atoms with E-state index < -0.39 is 0 Å². The minimum absolute atomic E-state index is 0.171. The van der Waals surface area contributed by atoms with Crippen LogP contribution in [-0.4, -0.2) is 19.3 Å². The standard InChI is InChI=1S/C13H18FNO2/c14-12-7-10(4-5-13(12)15)8-16-9-11-3-1-2-6-17-11/h4-5,7,11H,1-3,6,8-9,15H2. The van der Waals surface area contributed by atoms with E-state index in [9.17, 15) is 4.39 Å². The topological polar surface area (TPSA) is 44.5 Å². The molecular formula is C13H18FNO2. The molecule has 0 radical (unpaired) electrons. The first kappa shape index (κ1) is 12.3. The van der Waals surface area contributed by atoms with Crippen molar-refractivity contribution in [3.05, 3.63) is 29.6 Å². The second-order valence-corrected chi connectivity index (χ2v) is 4.36. The van der Waals surface area contributed by atoms with Crippen LogP contribution in [0.15, 0.2) is 18.2 Å². The molecule has 1 aliphatic rings. The molecule has 1 unspecified atom stereocenters. The van der Waals surface area contributed by atoms with Crippen LogP contribution < -0.4 is 5.73 Å². The molecular weight excluding hydrogens is 221 g/mol. The fourth-order valence-corrected chi connectivity index (χ4v) is 1.91. The van der Waals surface area contributed by atoms with E-state index >= 15 is 0 Å². The lowest BCUT2D eigenvalue weighted by Gasteiger charge is -2.22. The van der Waals surface area contributed by atoms with Gasteiger partial charge in [0.25, 0.3) is 0 Å². The molecule has 1 saturated heterocycles. The molecule has 0 spiro atoms. The second kappa shape index (κ2) is 5.98. The average molecular weight is 239 g/mol. The van der Waals surface area contributed by atoms with Crippen LogP contribution in [0.3, 0.4) is 0 Å². The van der Waals surface area contributed by atoms with Crippen molar-refractivity contribution in [1.29, 1.82) is 0 Å². The molecule has 2 rings (SSSR count). The Hall–Kier alpha value is -1.13. The molecule has 17 heavy (non-hydrogen) atoms. The Balaban J connectivity index is 1.75. The van der Waals surface area contributed by atoms with Gasteiger partial charge in [0, 0.05) is 6.61 Å². The molecule has 1 aromatic carbocycles. The van der Waals surface area contributed by atoms with Gasteiger partial charge in [-0.15, -0.1) is 0 Å². The molecule has 4 heteroatoms. The minimum atomic E-state index is -0.389. The summed E-state index contributed by atoms with van der Waals surface area (Å²) in [5, 5.41) is 0. The number of benzene rings is 1. The summed E-state index contributed by atoms with van der Waals surface area (Å²) in [5.41, 5.74) is 6.37. The minimum Gasteiger partial charge on any atom is -0.396 e. The third-order valence-corrected chi connectivity index (χ3v) is 2.91. The number of hydrogen-bond donors (Lipinski definition) is 1. The van der Waals surface area contributed by atoms with Gasteiger partial charge in [-0.3, -0.25) is 0 Å². The fourth-order valence-electron chi connectivity index (χ4n) is 1.91. The van der Waals surface area contributed by atoms with Crippen molar-refractivity contribution in [2.24, 2.45) is 0 Å². The summed E-state index contributed by atoms with van der Waals surface area (Å²) in [5.74, 6) is -0.389. The van der Waals surface area contributed by atoms with Crippen molar-refractivity contribution in [1.82, 2.24) is 0 Å². The van der Waals surface area contributed by atoms with E-state index in [1.807, 2.05) is 0 Å². The quantitative estimate of drug-likeness (QED) is 0.821. The van der Waals surface area contributed by atoms with Crippen LogP contribution in [0.1, 0.15) is 24.8 Å². The van der Waals surface area contributed by atoms with Crippen LogP contribution in [0, 0.1) is 5.82 Å². The number of anilines is 1. The maximum atomic E-state index is 13.2. The van der Waals surface area contributed by atoms with Crippen LogP contribution >= 0.6 is 0 Å². The lowest BCUT2D eigenvalue weighted by Crippen LogP contribution is -2.24. The molecule has 0 amide bonds. The van der Waals surface area contributed by atoms with Crippen LogP contribution in [0.25, 0.3) is 0 Å². The van der Waals surface area contributed by atoms with Gasteiger partial charge >= 0.3 is 0 Å². The first-order valence-corrected chi connectivity index (χ1v) is 5.99. The SMILES string of the molecule is Nc1ccc(COCC2CCCCO2)cc1F. The van der Waals surface area contributed by atoms with Gasteiger partial charge in [-0.1, -0.05) is 6.07 Å². The van der Waals surface area contributed by atoms with Gasteiger partial charge in [-0.25, -0.2) is 4.39 Å². The van der Waals surface area contributed by atoms with Gasteiger partial charge in [0.15, 0.2) is 0 Å². The van der Waals surface area contributed by atoms with Crippen LogP contribution in [0.5, 0.6) is 0 Å². The summed E-state index contributed by atoms with van der Waals surface area (Å²) in [6, 6.07) is 4.75. The van der Waals surface area contributed by atoms with E-state index in [1.165, 1.54) is 12.5 Å². The highest BCUT2D eigenvalue weighted by atomic mass is 19.1. The van der Waals surface area contributed by atoms with E-state index in [0.717, 1.165) is 25.0 Å². The Kier molecular flexibility index (Phi) is 4.34. The molecule has 0 bridgehead atoms. The summed E-state index contributed by atoms with van der Waals surface area (Å²) in [6.45, 7) is 1.80. The third-order valence-electron chi connectivity index (χ3n) is 2.91. The summed E-state index contributed by atoms with van der Waals surface area (Å²) >= 11 is 0. The highest BCUT2D eigenvalue weighted by Gasteiger charge is 2.13. The first-order valence-electron chi connectivity index (χ1n) is 5.99. The third kappa shape index (κ3) is 3.68. The van der Waals surface area contributed by atoms with Crippen molar-refractivity contribution in [2.75, 3.05) is 18.9 Å². The van der Waals surface area contributed by atoms with Crippen molar-refractivity contribution >= 4 is 5.69 Å². The van der Waals surface area contributed by atoms with Crippen molar-refractivity contribution < 1.29 is 13.9 Å². The summed E-state index contributed by atoms with van der Waals surface area (Å²) in [7, 11) is 0. The monoisotopic (exact) mass is 239 g/mol. The summed E-state index contributed by atoms with van der Waals surface area (Å²) in [4.78, 5) is 0. The smallest absolute Gasteiger partial charge is 0.146 e. The highest BCUT2D eigenvalue weighted by Crippen LogP contribution is 2.15. The van der Waals surface area contributed by atoms with Crippen molar-refractivity contribution in [3.8, 4) is 0 Å². The van der Waals surface area contributed by atoms with E-state index in [4.69, 9.17) is 15.2 Å². The van der Waals surface area contributed by atoms with Gasteiger partial charge in [0.1, 0.15) is 5.82 Å². The molecule has 94 valence electrons. The van der Waals surface area contributed by atoms with Gasteiger partial charge < -0.3 is 15.2 Å². The zero-order valence-electron chi connectivity index (χ0n) is 9.82. The number of nitrogen functional groups attached to an aromatic ring is 1. The number of hydrogen-bond acceptors (Lipinski definition) is 3. The van der Waals surface area contributed by atoms with E-state index in [1.54, 1.807) is 12.1 Å². The average Bonchev–Trinajstić information content (AvgIpc) is 2.35. The molecule has 3 nitrogen and oxygen atoms in total. The van der Waals surface area contributed by atoms with Gasteiger partial charge in [-0.05, 0) is 37.0 Å².